The number of rotatable bonds is 3. The van der Waals surface area contributed by atoms with Crippen LogP contribution >= 0.6 is 0 Å². The van der Waals surface area contributed by atoms with Gasteiger partial charge in [-0.05, 0) is 56.5 Å². The molecule has 1 aliphatic heterocycles. The van der Waals surface area contributed by atoms with Crippen LogP contribution in [0.15, 0.2) is 36.5 Å². The van der Waals surface area contributed by atoms with Crippen molar-refractivity contribution in [3.63, 3.8) is 0 Å². The minimum absolute atomic E-state index is 0.753. The molecule has 18 heavy (non-hydrogen) atoms. The van der Waals surface area contributed by atoms with Crippen molar-refractivity contribution in [2.45, 2.75) is 19.8 Å². The summed E-state index contributed by atoms with van der Waals surface area (Å²) in [7, 11) is 0. The van der Waals surface area contributed by atoms with Crippen LogP contribution in [-0.4, -0.2) is 22.9 Å². The first-order valence-corrected chi connectivity index (χ1v) is 6.64. The van der Waals surface area contributed by atoms with Gasteiger partial charge in [-0.2, -0.15) is 5.10 Å². The molecule has 0 saturated carbocycles. The van der Waals surface area contributed by atoms with E-state index < -0.39 is 0 Å². The van der Waals surface area contributed by atoms with Crippen molar-refractivity contribution in [3.8, 4) is 5.69 Å². The lowest BCUT2D eigenvalue weighted by molar-refractivity contribution is 0.558. The summed E-state index contributed by atoms with van der Waals surface area (Å²) < 4.78 is 2.09. The zero-order valence-electron chi connectivity index (χ0n) is 10.8. The highest BCUT2D eigenvalue weighted by atomic mass is 15.3. The Morgan fingerprint density at radius 3 is 2.89 bits per heavy atom. The third-order valence-corrected chi connectivity index (χ3v) is 3.72. The molecule has 1 aromatic carbocycles. The average Bonchev–Trinajstić information content (AvgIpc) is 3.03. The number of nitrogens with zero attached hydrogens (tertiary/aromatic N) is 2. The van der Waals surface area contributed by atoms with Crippen LogP contribution in [0, 0.1) is 12.8 Å². The highest BCUT2D eigenvalue weighted by molar-refractivity contribution is 5.34. The van der Waals surface area contributed by atoms with Crippen LogP contribution in [0.3, 0.4) is 0 Å². The highest BCUT2D eigenvalue weighted by Crippen LogP contribution is 2.20. The van der Waals surface area contributed by atoms with Crippen molar-refractivity contribution in [1.82, 2.24) is 15.1 Å². The molecule has 0 radical (unpaired) electrons. The molecule has 0 bridgehead atoms. The molecular weight excluding hydrogens is 222 g/mol. The Hall–Kier alpha value is -1.61. The molecule has 3 nitrogen and oxygen atoms in total. The fraction of sp³-hybridized carbons (Fsp3) is 0.400. The van der Waals surface area contributed by atoms with Gasteiger partial charge in [0.2, 0.25) is 0 Å². The molecule has 2 aromatic rings. The van der Waals surface area contributed by atoms with E-state index in [4.69, 9.17) is 0 Å². The van der Waals surface area contributed by atoms with E-state index in [1.54, 1.807) is 0 Å². The van der Waals surface area contributed by atoms with Gasteiger partial charge in [0.05, 0.1) is 11.9 Å². The summed E-state index contributed by atoms with van der Waals surface area (Å²) in [5.41, 5.74) is 3.81. The Kier molecular flexibility index (Phi) is 3.15. The summed E-state index contributed by atoms with van der Waals surface area (Å²) in [6.07, 6.45) is 4.37. The number of hydrogen-bond acceptors (Lipinski definition) is 2. The maximum atomic E-state index is 4.52. The lowest BCUT2D eigenvalue weighted by Crippen LogP contribution is -2.13. The molecule has 0 spiro atoms. The topological polar surface area (TPSA) is 29.9 Å². The van der Waals surface area contributed by atoms with E-state index in [1.165, 1.54) is 17.7 Å². The van der Waals surface area contributed by atoms with E-state index in [9.17, 15) is 0 Å². The van der Waals surface area contributed by atoms with Gasteiger partial charge in [0, 0.05) is 5.69 Å². The van der Waals surface area contributed by atoms with E-state index in [0.717, 1.165) is 31.1 Å². The zero-order valence-corrected chi connectivity index (χ0v) is 10.8. The summed E-state index contributed by atoms with van der Waals surface area (Å²) in [5, 5.41) is 7.96. The number of aromatic nitrogens is 2. The molecule has 1 aromatic heterocycles. The predicted molar refractivity (Wildman–Crippen MR) is 73.0 cm³/mol. The number of hydrogen-bond donors (Lipinski definition) is 1. The fourth-order valence-corrected chi connectivity index (χ4v) is 2.66. The van der Waals surface area contributed by atoms with Crippen LogP contribution in [0.2, 0.25) is 0 Å². The van der Waals surface area contributed by atoms with Crippen LogP contribution in [0.4, 0.5) is 0 Å². The fourth-order valence-electron chi connectivity index (χ4n) is 2.66. The average molecular weight is 241 g/mol. The maximum Gasteiger partial charge on any atom is 0.0648 e. The first-order chi connectivity index (χ1) is 8.84. The van der Waals surface area contributed by atoms with E-state index in [2.05, 4.69) is 46.3 Å². The zero-order chi connectivity index (χ0) is 12.4. The van der Waals surface area contributed by atoms with E-state index in [0.29, 0.717) is 0 Å². The maximum absolute atomic E-state index is 4.52. The number of nitrogens with one attached hydrogen (secondary N) is 1. The Bertz CT molecular complexity index is 510. The van der Waals surface area contributed by atoms with E-state index >= 15 is 0 Å². The smallest absolute Gasteiger partial charge is 0.0648 e. The first kappa shape index (κ1) is 11.5. The molecule has 1 unspecified atom stereocenters. The number of benzene rings is 1. The molecule has 1 fully saturated rings. The Morgan fingerprint density at radius 2 is 2.17 bits per heavy atom. The normalized spacial score (nSPS) is 19.3. The number of aryl methyl sites for hydroxylation is 1. The minimum Gasteiger partial charge on any atom is -0.316 e. The van der Waals surface area contributed by atoms with Gasteiger partial charge in [-0.3, -0.25) is 0 Å². The third kappa shape index (κ3) is 2.18. The quantitative estimate of drug-likeness (QED) is 0.894. The Balaban J connectivity index is 1.91. The van der Waals surface area contributed by atoms with Crippen molar-refractivity contribution in [1.29, 1.82) is 0 Å². The lowest BCUT2D eigenvalue weighted by atomic mass is 10.0. The van der Waals surface area contributed by atoms with Gasteiger partial charge in [0.1, 0.15) is 0 Å². The third-order valence-electron chi connectivity index (χ3n) is 3.72. The summed E-state index contributed by atoms with van der Waals surface area (Å²) >= 11 is 0. The van der Waals surface area contributed by atoms with Gasteiger partial charge in [0.15, 0.2) is 0 Å². The van der Waals surface area contributed by atoms with Crippen LogP contribution < -0.4 is 5.32 Å². The molecule has 1 saturated heterocycles. The lowest BCUT2D eigenvalue weighted by Gasteiger charge is -2.12. The van der Waals surface area contributed by atoms with Crippen molar-refractivity contribution in [3.05, 3.63) is 47.8 Å². The van der Waals surface area contributed by atoms with Gasteiger partial charge < -0.3 is 5.32 Å². The van der Waals surface area contributed by atoms with Gasteiger partial charge >= 0.3 is 0 Å². The number of para-hydroxylation sites is 1. The Morgan fingerprint density at radius 1 is 1.33 bits per heavy atom. The van der Waals surface area contributed by atoms with Crippen LogP contribution in [-0.2, 0) is 6.42 Å². The second-order valence-corrected chi connectivity index (χ2v) is 5.08. The molecule has 0 aliphatic carbocycles. The van der Waals surface area contributed by atoms with Gasteiger partial charge in [0.25, 0.3) is 0 Å². The molecule has 94 valence electrons. The monoisotopic (exact) mass is 241 g/mol. The summed E-state index contributed by atoms with van der Waals surface area (Å²) in [6.45, 7) is 4.45. The summed E-state index contributed by atoms with van der Waals surface area (Å²) in [5.74, 6) is 0.753. The molecule has 2 heterocycles. The largest absolute Gasteiger partial charge is 0.316 e. The molecule has 1 aliphatic rings. The molecule has 3 heteroatoms. The molecular formula is C15H19N3. The molecule has 1 N–H and O–H groups in total. The van der Waals surface area contributed by atoms with Crippen LogP contribution in [0.1, 0.15) is 17.7 Å². The molecule has 3 rings (SSSR count). The SMILES string of the molecule is Cc1cnn(-c2ccccc2)c1CC1CCNC1. The van der Waals surface area contributed by atoms with Crippen LogP contribution in [0.25, 0.3) is 5.69 Å². The van der Waals surface area contributed by atoms with Gasteiger partial charge in [-0.25, -0.2) is 4.68 Å². The highest BCUT2D eigenvalue weighted by Gasteiger charge is 2.19. The van der Waals surface area contributed by atoms with Crippen molar-refractivity contribution in [2.24, 2.45) is 5.92 Å². The van der Waals surface area contributed by atoms with Crippen molar-refractivity contribution in [2.75, 3.05) is 13.1 Å². The summed E-state index contributed by atoms with van der Waals surface area (Å²) in [4.78, 5) is 0. The minimum atomic E-state index is 0.753. The molecule has 0 amide bonds. The summed E-state index contributed by atoms with van der Waals surface area (Å²) in [6, 6.07) is 10.4. The second-order valence-electron chi connectivity index (χ2n) is 5.08. The van der Waals surface area contributed by atoms with Crippen molar-refractivity contribution >= 4 is 0 Å². The second kappa shape index (κ2) is 4.94. The van der Waals surface area contributed by atoms with Crippen molar-refractivity contribution < 1.29 is 0 Å². The van der Waals surface area contributed by atoms with Crippen LogP contribution in [0.5, 0.6) is 0 Å². The first-order valence-electron chi connectivity index (χ1n) is 6.64. The molecule has 1 atom stereocenters. The standard InChI is InChI=1S/C15H19N3/c1-12-10-17-18(14-5-3-2-4-6-14)15(12)9-13-7-8-16-11-13/h2-6,10,13,16H,7-9,11H2,1H3. The van der Waals surface area contributed by atoms with E-state index in [1.807, 2.05) is 12.3 Å². The predicted octanol–water partition coefficient (Wildman–Crippen LogP) is 2.33. The Labute approximate surface area is 108 Å². The van der Waals surface area contributed by atoms with Gasteiger partial charge in [-0.15, -0.1) is 0 Å². The van der Waals surface area contributed by atoms with E-state index in [-0.39, 0.29) is 0 Å². The van der Waals surface area contributed by atoms with Gasteiger partial charge in [-0.1, -0.05) is 18.2 Å².